The van der Waals surface area contributed by atoms with Crippen molar-refractivity contribution in [2.24, 2.45) is 0 Å². The van der Waals surface area contributed by atoms with Gasteiger partial charge in [0.2, 0.25) is 0 Å². The van der Waals surface area contributed by atoms with Crippen molar-refractivity contribution in [1.29, 1.82) is 0 Å². The first-order valence-electron chi connectivity index (χ1n) is 1.06. The Morgan fingerprint density at radius 2 is 2.00 bits per heavy atom. The van der Waals surface area contributed by atoms with E-state index in [2.05, 4.69) is 24.5 Å². The van der Waals surface area contributed by atoms with E-state index in [0.717, 1.165) is 0 Å². The Bertz CT molecular complexity index is 82.1. The van der Waals surface area contributed by atoms with Gasteiger partial charge in [-0.1, -0.05) is 0 Å². The Hall–Kier alpha value is 0.564. The molecule has 0 aromatic rings. The van der Waals surface area contributed by atoms with Crippen molar-refractivity contribution < 1.29 is 38.8 Å². The van der Waals surface area contributed by atoms with E-state index < -0.39 is 7.82 Å². The second kappa shape index (κ2) is 2.77. The van der Waals surface area contributed by atoms with Crippen molar-refractivity contribution in [3.05, 3.63) is 0 Å². The molecule has 0 rings (SSSR count). The predicted octanol–water partition coefficient (Wildman–Crippen LogP) is -0.511. The molecular formula is H2NiO5P. The summed E-state index contributed by atoms with van der Waals surface area (Å²) >= 11 is 3.33. The Morgan fingerprint density at radius 3 is 2.00 bits per heavy atom. The third kappa shape index (κ3) is 6.56. The normalized spacial score (nSPS) is 12.0. The summed E-state index contributed by atoms with van der Waals surface area (Å²) in [6.45, 7) is 0. The number of phosphoric acid groups is 1. The van der Waals surface area contributed by atoms with E-state index in [9.17, 15) is 4.57 Å². The van der Waals surface area contributed by atoms with Crippen LogP contribution in [0.1, 0.15) is 0 Å². The molecule has 0 atom stereocenters. The molecule has 47 valence electrons. The molecular weight excluding hydrogens is 170 g/mol. The maximum absolute atomic E-state index is 9.52. The molecule has 7 heteroatoms. The van der Waals surface area contributed by atoms with Gasteiger partial charge in [0.15, 0.2) is 0 Å². The zero-order valence-electron chi connectivity index (χ0n) is 2.88. The summed E-state index contributed by atoms with van der Waals surface area (Å²) in [6, 6.07) is 0. The molecule has 0 aromatic carbocycles. The second-order valence-corrected chi connectivity index (χ2v) is 1.91. The Balaban J connectivity index is 3.36. The summed E-state index contributed by atoms with van der Waals surface area (Å²) in [6.07, 6.45) is 0. The van der Waals surface area contributed by atoms with Crippen molar-refractivity contribution in [1.82, 2.24) is 0 Å². The topological polar surface area (TPSA) is 76.0 Å². The molecule has 2 N–H and O–H groups in total. The van der Waals surface area contributed by atoms with E-state index in [4.69, 9.17) is 9.79 Å². The van der Waals surface area contributed by atoms with Crippen LogP contribution in [-0.2, 0) is 29.1 Å². The zero-order valence-corrected chi connectivity index (χ0v) is 4.76. The molecule has 7 heavy (non-hydrogen) atoms. The van der Waals surface area contributed by atoms with Gasteiger partial charge in [-0.05, 0) is 0 Å². The van der Waals surface area contributed by atoms with Crippen molar-refractivity contribution in [2.45, 2.75) is 0 Å². The summed E-state index contributed by atoms with van der Waals surface area (Å²) in [5.41, 5.74) is 0. The van der Waals surface area contributed by atoms with Crippen LogP contribution in [0.5, 0.6) is 0 Å². The van der Waals surface area contributed by atoms with Gasteiger partial charge in [-0.2, -0.15) is 0 Å². The van der Waals surface area contributed by atoms with Crippen LogP contribution >= 0.6 is 7.82 Å². The molecule has 0 saturated carbocycles. The fraction of sp³-hybridized carbons (Fsp3) is 0. The van der Waals surface area contributed by atoms with Gasteiger partial charge in [0.1, 0.15) is 0 Å². The van der Waals surface area contributed by atoms with Crippen molar-refractivity contribution >= 4 is 7.82 Å². The molecule has 0 aromatic heterocycles. The molecule has 0 saturated heterocycles. The van der Waals surface area contributed by atoms with Crippen LogP contribution in [0, 0.1) is 0 Å². The second-order valence-electron chi connectivity index (χ2n) is 0.618. The fourth-order valence-electron chi connectivity index (χ4n) is 0.0307. The maximum atomic E-state index is 9.52. The molecule has 0 amide bonds. The first kappa shape index (κ1) is 7.56. The van der Waals surface area contributed by atoms with Crippen molar-refractivity contribution in [3.8, 4) is 0 Å². The van der Waals surface area contributed by atoms with Crippen LogP contribution in [-0.4, -0.2) is 9.79 Å². The Labute approximate surface area is 47.5 Å². The molecule has 0 radical (unpaired) electrons. The van der Waals surface area contributed by atoms with Gasteiger partial charge >= 0.3 is 46.7 Å². The average Bonchev–Trinajstić information content (AvgIpc) is 1.30. The summed E-state index contributed by atoms with van der Waals surface area (Å²) < 4.78 is 16.0. The van der Waals surface area contributed by atoms with Gasteiger partial charge < -0.3 is 0 Å². The van der Waals surface area contributed by atoms with Crippen molar-refractivity contribution in [3.63, 3.8) is 0 Å². The van der Waals surface area contributed by atoms with E-state index in [1.54, 1.807) is 0 Å². The van der Waals surface area contributed by atoms with Crippen LogP contribution in [0.25, 0.3) is 0 Å². The monoisotopic (exact) mass is 171 g/mol. The average molecular weight is 172 g/mol. The number of hydrogen-bond donors (Lipinski definition) is 2. The Morgan fingerprint density at radius 1 is 1.57 bits per heavy atom. The van der Waals surface area contributed by atoms with Gasteiger partial charge in [-0.3, -0.25) is 0 Å². The van der Waals surface area contributed by atoms with Gasteiger partial charge in [0, 0.05) is 0 Å². The minimum atomic E-state index is -4.48. The summed E-state index contributed by atoms with van der Waals surface area (Å²) in [5.74, 6) is 0. The molecule has 0 fully saturated rings. The fourth-order valence-corrected chi connectivity index (χ4v) is 0.380. The SMILES string of the molecule is O=P(O)(O)O[O][Ni]. The first-order chi connectivity index (χ1) is 3.06. The number of hydrogen-bond acceptors (Lipinski definition) is 3. The van der Waals surface area contributed by atoms with Gasteiger partial charge in [0.05, 0.1) is 0 Å². The summed E-state index contributed by atoms with van der Waals surface area (Å²) in [7, 11) is -4.48. The number of rotatable bonds is 2. The van der Waals surface area contributed by atoms with E-state index in [0.29, 0.717) is 0 Å². The van der Waals surface area contributed by atoms with Crippen LogP contribution in [0.3, 0.4) is 0 Å². The molecule has 0 unspecified atom stereocenters. The van der Waals surface area contributed by atoms with Gasteiger partial charge in [0.25, 0.3) is 0 Å². The molecule has 0 aliphatic rings. The van der Waals surface area contributed by atoms with Crippen LogP contribution < -0.4 is 0 Å². The van der Waals surface area contributed by atoms with Crippen LogP contribution in [0.15, 0.2) is 0 Å². The third-order valence-electron chi connectivity index (χ3n) is 0.121. The third-order valence-corrected chi connectivity index (χ3v) is 0.583. The summed E-state index contributed by atoms with van der Waals surface area (Å²) in [5, 5.41) is 0. The molecule has 0 aliphatic carbocycles. The molecule has 5 nitrogen and oxygen atoms in total. The zero-order chi connectivity index (χ0) is 5.91. The van der Waals surface area contributed by atoms with E-state index in [1.165, 1.54) is 0 Å². The first-order valence-corrected chi connectivity index (χ1v) is 2.99. The van der Waals surface area contributed by atoms with Gasteiger partial charge in [-0.15, -0.1) is 0 Å². The molecule has 0 heterocycles. The standard InChI is InChI=1S/Ni.H3O5P/c;1-5-6(2,3)4/h;1H,(H2,2,3,4)/q+1;/p-1. The van der Waals surface area contributed by atoms with Crippen molar-refractivity contribution in [2.75, 3.05) is 0 Å². The van der Waals surface area contributed by atoms with Gasteiger partial charge in [-0.25, -0.2) is 0 Å². The van der Waals surface area contributed by atoms with Crippen LogP contribution in [0.2, 0.25) is 0 Å². The minimum absolute atomic E-state index is 3.23. The quantitative estimate of drug-likeness (QED) is 0.253. The molecule has 0 spiro atoms. The van der Waals surface area contributed by atoms with E-state index >= 15 is 0 Å². The van der Waals surface area contributed by atoms with E-state index in [-0.39, 0.29) is 0 Å². The molecule has 0 bridgehead atoms. The summed E-state index contributed by atoms with van der Waals surface area (Å²) in [4.78, 5) is 15.4. The van der Waals surface area contributed by atoms with Crippen LogP contribution in [0.4, 0.5) is 0 Å². The Kier molecular flexibility index (Phi) is 2.99. The molecule has 0 aliphatic heterocycles. The van der Waals surface area contributed by atoms with E-state index in [1.807, 2.05) is 0 Å². The predicted molar refractivity (Wildman–Crippen MR) is 14.2 cm³/mol.